The molecule has 26 heavy (non-hydrogen) atoms. The molecule has 6 nitrogen and oxygen atoms in total. The molecular formula is C20H20N2O4. The number of hydrogen-bond donors (Lipinski definition) is 0. The van der Waals surface area contributed by atoms with Gasteiger partial charge < -0.3 is 18.6 Å². The van der Waals surface area contributed by atoms with Crippen molar-refractivity contribution >= 4 is 11.0 Å². The molecular weight excluding hydrogens is 332 g/mol. The molecule has 0 aliphatic carbocycles. The molecule has 0 radical (unpaired) electrons. The van der Waals surface area contributed by atoms with E-state index < -0.39 is 6.29 Å². The summed E-state index contributed by atoms with van der Waals surface area (Å²) in [6.07, 6.45) is 2.85. The van der Waals surface area contributed by atoms with Crippen LogP contribution >= 0.6 is 0 Å². The molecule has 2 heterocycles. The molecule has 0 N–H and O–H groups in total. The molecule has 1 aromatic carbocycles. The molecule has 2 aromatic heterocycles. The van der Waals surface area contributed by atoms with Crippen LogP contribution in [0.5, 0.6) is 5.75 Å². The van der Waals surface area contributed by atoms with E-state index in [1.54, 1.807) is 37.7 Å². The first-order chi connectivity index (χ1) is 12.7. The fourth-order valence-corrected chi connectivity index (χ4v) is 2.79. The minimum absolute atomic E-state index is 0.505. The normalized spacial score (nSPS) is 11.0. The Morgan fingerprint density at radius 2 is 1.88 bits per heavy atom. The van der Waals surface area contributed by atoms with E-state index >= 15 is 0 Å². The number of nitriles is 1. The molecule has 6 heteroatoms. The van der Waals surface area contributed by atoms with Gasteiger partial charge in [0.1, 0.15) is 11.3 Å². The lowest BCUT2D eigenvalue weighted by atomic mass is 10.0. The number of rotatable bonds is 7. The Bertz CT molecular complexity index is 937. The van der Waals surface area contributed by atoms with Gasteiger partial charge in [0.05, 0.1) is 18.7 Å². The van der Waals surface area contributed by atoms with Crippen molar-refractivity contribution in [3.63, 3.8) is 0 Å². The number of methoxy groups -OCH3 is 1. The van der Waals surface area contributed by atoms with Gasteiger partial charge in [0.2, 0.25) is 6.29 Å². The monoisotopic (exact) mass is 352 g/mol. The van der Waals surface area contributed by atoms with E-state index in [4.69, 9.17) is 18.6 Å². The van der Waals surface area contributed by atoms with Crippen molar-refractivity contribution in [2.75, 3.05) is 20.3 Å². The summed E-state index contributed by atoms with van der Waals surface area (Å²) < 4.78 is 22.8. The van der Waals surface area contributed by atoms with E-state index in [0.717, 1.165) is 16.5 Å². The predicted octanol–water partition coefficient (Wildman–Crippen LogP) is 4.45. The summed E-state index contributed by atoms with van der Waals surface area (Å²) in [7, 11) is 1.59. The lowest BCUT2D eigenvalue weighted by molar-refractivity contribution is -0.150. The van der Waals surface area contributed by atoms with Crippen molar-refractivity contribution in [3.05, 3.63) is 48.0 Å². The third-order valence-electron chi connectivity index (χ3n) is 3.93. The third-order valence-corrected chi connectivity index (χ3v) is 3.93. The van der Waals surface area contributed by atoms with Crippen molar-refractivity contribution < 1.29 is 18.6 Å². The summed E-state index contributed by atoms with van der Waals surface area (Å²) in [6.45, 7) is 4.82. The van der Waals surface area contributed by atoms with Gasteiger partial charge in [-0.3, -0.25) is 4.98 Å². The lowest BCUT2D eigenvalue weighted by Gasteiger charge is -2.14. The van der Waals surface area contributed by atoms with Crippen LogP contribution in [0.3, 0.4) is 0 Å². The van der Waals surface area contributed by atoms with E-state index in [2.05, 4.69) is 11.1 Å². The number of hydrogen-bond acceptors (Lipinski definition) is 6. The van der Waals surface area contributed by atoms with Crippen LogP contribution in [0.25, 0.3) is 22.1 Å². The number of furan rings is 1. The van der Waals surface area contributed by atoms with Crippen LogP contribution in [0.4, 0.5) is 0 Å². The quantitative estimate of drug-likeness (QED) is 0.585. The van der Waals surface area contributed by atoms with Crippen molar-refractivity contribution in [2.45, 2.75) is 20.1 Å². The van der Waals surface area contributed by atoms with E-state index in [0.29, 0.717) is 35.9 Å². The molecule has 0 bridgehead atoms. The number of ether oxygens (including phenoxy) is 3. The molecule has 0 saturated heterocycles. The zero-order chi connectivity index (χ0) is 18.5. The molecule has 3 aromatic rings. The smallest absolute Gasteiger partial charge is 0.217 e. The second kappa shape index (κ2) is 8.00. The Morgan fingerprint density at radius 1 is 1.12 bits per heavy atom. The molecule has 0 amide bonds. The summed E-state index contributed by atoms with van der Waals surface area (Å²) in [5.74, 6) is 1.22. The van der Waals surface area contributed by atoms with Gasteiger partial charge in [-0.25, -0.2) is 0 Å². The molecule has 0 aliphatic heterocycles. The number of fused-ring (bicyclic) bond motifs is 1. The standard InChI is InChI=1S/C20H20N2O4/c1-4-24-20(25-5-2)18-9-14-11-22-12-16(19(14)26-18)15-8-13(10-21)6-7-17(15)23-3/h6-9,11-12,20H,4-5H2,1-3H3. The first kappa shape index (κ1) is 17.9. The van der Waals surface area contributed by atoms with Crippen LogP contribution in [-0.2, 0) is 9.47 Å². The fourth-order valence-electron chi connectivity index (χ4n) is 2.79. The highest BCUT2D eigenvalue weighted by Crippen LogP contribution is 2.37. The SMILES string of the molecule is CCOC(OCC)c1cc2cncc(-c3cc(C#N)ccc3OC)c2o1. The van der Waals surface area contributed by atoms with Gasteiger partial charge in [-0.2, -0.15) is 5.26 Å². The highest BCUT2D eigenvalue weighted by atomic mass is 16.7. The van der Waals surface area contributed by atoms with Crippen LogP contribution in [-0.4, -0.2) is 25.3 Å². The van der Waals surface area contributed by atoms with Crippen LogP contribution in [0.1, 0.15) is 31.5 Å². The average molecular weight is 352 g/mol. The largest absolute Gasteiger partial charge is 0.496 e. The number of aromatic nitrogens is 1. The summed E-state index contributed by atoms with van der Waals surface area (Å²) in [5.41, 5.74) is 2.67. The van der Waals surface area contributed by atoms with Crippen molar-refractivity contribution in [1.29, 1.82) is 5.26 Å². The molecule has 0 unspecified atom stereocenters. The van der Waals surface area contributed by atoms with Crippen molar-refractivity contribution in [3.8, 4) is 22.9 Å². The Kier molecular flexibility index (Phi) is 5.52. The van der Waals surface area contributed by atoms with Gasteiger partial charge in [-0.05, 0) is 38.1 Å². The molecule has 0 fully saturated rings. The second-order valence-electron chi connectivity index (χ2n) is 5.52. The molecule has 0 aliphatic rings. The zero-order valence-corrected chi connectivity index (χ0v) is 15.0. The van der Waals surface area contributed by atoms with Crippen molar-refractivity contribution in [2.24, 2.45) is 0 Å². The minimum Gasteiger partial charge on any atom is -0.496 e. The topological polar surface area (TPSA) is 77.5 Å². The Morgan fingerprint density at radius 3 is 2.54 bits per heavy atom. The van der Waals surface area contributed by atoms with Crippen molar-refractivity contribution in [1.82, 2.24) is 4.98 Å². The first-order valence-electron chi connectivity index (χ1n) is 8.41. The average Bonchev–Trinajstić information content (AvgIpc) is 3.11. The summed E-state index contributed by atoms with van der Waals surface area (Å²) >= 11 is 0. The minimum atomic E-state index is -0.572. The predicted molar refractivity (Wildman–Crippen MR) is 96.7 cm³/mol. The van der Waals surface area contributed by atoms with Crippen LogP contribution < -0.4 is 4.74 Å². The van der Waals surface area contributed by atoms with Gasteiger partial charge in [0, 0.05) is 42.1 Å². The maximum atomic E-state index is 9.22. The first-order valence-corrected chi connectivity index (χ1v) is 8.41. The maximum Gasteiger partial charge on any atom is 0.217 e. The lowest BCUT2D eigenvalue weighted by Crippen LogP contribution is -2.07. The van der Waals surface area contributed by atoms with Crippen LogP contribution in [0.15, 0.2) is 41.1 Å². The third kappa shape index (κ3) is 3.40. The Balaban J connectivity index is 2.15. The van der Waals surface area contributed by atoms with Gasteiger partial charge in [0.25, 0.3) is 0 Å². The van der Waals surface area contributed by atoms with E-state index in [-0.39, 0.29) is 0 Å². The van der Waals surface area contributed by atoms with Gasteiger partial charge >= 0.3 is 0 Å². The summed E-state index contributed by atoms with van der Waals surface area (Å²) in [4.78, 5) is 4.30. The van der Waals surface area contributed by atoms with Crippen LogP contribution in [0, 0.1) is 11.3 Å². The maximum absolute atomic E-state index is 9.22. The van der Waals surface area contributed by atoms with Gasteiger partial charge in [-0.1, -0.05) is 0 Å². The molecule has 0 spiro atoms. The van der Waals surface area contributed by atoms with E-state index in [1.807, 2.05) is 19.9 Å². The highest BCUT2D eigenvalue weighted by molar-refractivity contribution is 5.93. The van der Waals surface area contributed by atoms with E-state index in [1.165, 1.54) is 0 Å². The number of benzene rings is 1. The molecule has 0 saturated carbocycles. The number of nitrogens with zero attached hydrogens (tertiary/aromatic N) is 2. The molecule has 134 valence electrons. The molecule has 3 rings (SSSR count). The number of pyridine rings is 1. The zero-order valence-electron chi connectivity index (χ0n) is 15.0. The van der Waals surface area contributed by atoms with E-state index in [9.17, 15) is 5.26 Å². The Labute approximate surface area is 151 Å². The van der Waals surface area contributed by atoms with Crippen LogP contribution in [0.2, 0.25) is 0 Å². The second-order valence-corrected chi connectivity index (χ2v) is 5.52. The fraction of sp³-hybridized carbons (Fsp3) is 0.300. The van der Waals surface area contributed by atoms with Gasteiger partial charge in [0.15, 0.2) is 5.76 Å². The summed E-state index contributed by atoms with van der Waals surface area (Å²) in [5, 5.41) is 10.0. The van der Waals surface area contributed by atoms with Gasteiger partial charge in [-0.15, -0.1) is 0 Å². The Hall–Kier alpha value is -2.88. The molecule has 0 atom stereocenters. The highest BCUT2D eigenvalue weighted by Gasteiger charge is 2.20. The summed E-state index contributed by atoms with van der Waals surface area (Å²) in [6, 6.07) is 9.25.